The molecular weight excluding hydrogens is 543 g/mol. The molecule has 0 saturated carbocycles. The number of ketones is 1. The van der Waals surface area contributed by atoms with Crippen molar-refractivity contribution < 1.29 is 18.4 Å². The molecule has 0 aliphatic carbocycles. The summed E-state index contributed by atoms with van der Waals surface area (Å²) in [5, 5.41) is 6.22. The fourth-order valence-electron chi connectivity index (χ4n) is 5.41. The summed E-state index contributed by atoms with van der Waals surface area (Å²) in [7, 11) is 0. The van der Waals surface area contributed by atoms with Gasteiger partial charge in [0, 0.05) is 33.8 Å². The van der Waals surface area contributed by atoms with Crippen molar-refractivity contribution in [3.05, 3.63) is 99.0 Å². The van der Waals surface area contributed by atoms with Gasteiger partial charge in [0.2, 0.25) is 5.91 Å². The molecule has 0 bridgehead atoms. The van der Waals surface area contributed by atoms with Crippen molar-refractivity contribution in [3.8, 4) is 0 Å². The molecule has 1 amide bonds. The monoisotopic (exact) mass is 573 g/mol. The number of anilines is 1. The number of hydrogen-bond donors (Lipinski definition) is 3. The zero-order valence-corrected chi connectivity index (χ0v) is 23.6. The van der Waals surface area contributed by atoms with Crippen LogP contribution in [-0.4, -0.2) is 23.8 Å². The molecule has 1 fully saturated rings. The van der Waals surface area contributed by atoms with Gasteiger partial charge in [-0.3, -0.25) is 9.59 Å². The summed E-state index contributed by atoms with van der Waals surface area (Å²) in [6, 6.07) is 13.4. The van der Waals surface area contributed by atoms with Gasteiger partial charge < -0.3 is 16.4 Å². The highest BCUT2D eigenvalue weighted by Crippen LogP contribution is 2.50. The van der Waals surface area contributed by atoms with Gasteiger partial charge in [-0.1, -0.05) is 62.2 Å². The largest absolute Gasteiger partial charge is 0.325 e. The van der Waals surface area contributed by atoms with Crippen molar-refractivity contribution in [2.75, 3.05) is 5.32 Å². The topological polar surface area (TPSA) is 84.2 Å². The quantitative estimate of drug-likeness (QED) is 0.282. The number of carbonyl (C=O) groups is 2. The molecule has 4 atom stereocenters. The van der Waals surface area contributed by atoms with Gasteiger partial charge in [-0.25, -0.2) is 8.78 Å². The van der Waals surface area contributed by atoms with E-state index in [2.05, 4.69) is 10.6 Å². The summed E-state index contributed by atoms with van der Waals surface area (Å²) in [5.74, 6) is -3.02. The Morgan fingerprint density at radius 1 is 1.05 bits per heavy atom. The first kappa shape index (κ1) is 29.2. The number of benzene rings is 3. The second-order valence-electron chi connectivity index (χ2n) is 11.3. The summed E-state index contributed by atoms with van der Waals surface area (Å²) in [6.07, 6.45) is 0.446. The number of halogens is 4. The van der Waals surface area contributed by atoms with Crippen LogP contribution >= 0.6 is 23.2 Å². The number of Topliss-reactive ketones (excluding diaryl/α,β-unsaturated/α-hetero) is 1. The third-order valence-electron chi connectivity index (χ3n) is 7.18. The lowest BCUT2D eigenvalue weighted by Gasteiger charge is -2.40. The molecule has 1 saturated heterocycles. The summed E-state index contributed by atoms with van der Waals surface area (Å²) in [6.45, 7) is 7.47. The predicted molar refractivity (Wildman–Crippen MR) is 151 cm³/mol. The highest BCUT2D eigenvalue weighted by Gasteiger charge is 2.58. The summed E-state index contributed by atoms with van der Waals surface area (Å²) in [5.41, 5.74) is 6.48. The Bertz CT molecular complexity index is 1410. The number of nitrogens with one attached hydrogen (secondary N) is 2. The Hall–Kier alpha value is -2.84. The van der Waals surface area contributed by atoms with Gasteiger partial charge in [-0.2, -0.15) is 0 Å². The lowest BCUT2D eigenvalue weighted by molar-refractivity contribution is -0.118. The summed E-state index contributed by atoms with van der Waals surface area (Å²) in [4.78, 5) is 25.5. The first-order valence-electron chi connectivity index (χ1n) is 12.6. The van der Waals surface area contributed by atoms with Gasteiger partial charge in [-0.05, 0) is 66.8 Å². The smallest absolute Gasteiger partial charge is 0.242 e. The van der Waals surface area contributed by atoms with Crippen LogP contribution in [0.2, 0.25) is 10.0 Å². The minimum absolute atomic E-state index is 0.0929. The highest BCUT2D eigenvalue weighted by molar-refractivity contribution is 6.31. The number of hydrogen-bond acceptors (Lipinski definition) is 4. The standard InChI is InChI=1S/C30H31Cl2F2N3O2/c1-16(38)17-8-11-19(12-9-17)36-28(39)27-25(20-6-5-7-22(32)26(20)34)30(35,24(37-27)15-29(2,3)4)21-13-10-18(31)14-23(21)33/h5-14,24-25,27,37H,15,35H2,1-4H3,(H,36,39)/t24-,25-,27+,30+/m0/s1. The van der Waals surface area contributed by atoms with Crippen LogP contribution in [0.5, 0.6) is 0 Å². The van der Waals surface area contributed by atoms with Crippen molar-refractivity contribution in [1.29, 1.82) is 0 Å². The molecule has 0 spiro atoms. The van der Waals surface area contributed by atoms with Crippen molar-refractivity contribution in [1.82, 2.24) is 5.32 Å². The van der Waals surface area contributed by atoms with Crippen LogP contribution in [0.25, 0.3) is 0 Å². The SMILES string of the molecule is CC(=O)c1ccc(NC(=O)[C@@H]2N[C@@H](CC(C)(C)C)[C@](N)(c3ccc(Cl)cc3F)[C@H]2c2cccc(Cl)c2F)cc1. The van der Waals surface area contributed by atoms with Crippen molar-refractivity contribution in [2.24, 2.45) is 11.1 Å². The fourth-order valence-corrected chi connectivity index (χ4v) is 5.75. The van der Waals surface area contributed by atoms with E-state index in [1.807, 2.05) is 20.8 Å². The third-order valence-corrected chi connectivity index (χ3v) is 7.70. The summed E-state index contributed by atoms with van der Waals surface area (Å²) >= 11 is 12.2. The lowest BCUT2D eigenvalue weighted by Crippen LogP contribution is -2.52. The van der Waals surface area contributed by atoms with Gasteiger partial charge in [0.15, 0.2) is 5.78 Å². The lowest BCUT2D eigenvalue weighted by atomic mass is 9.68. The molecule has 4 rings (SSSR count). The number of carbonyl (C=O) groups excluding carboxylic acids is 2. The average Bonchev–Trinajstić information content (AvgIpc) is 3.12. The van der Waals surface area contributed by atoms with Crippen LogP contribution in [0.1, 0.15) is 61.5 Å². The van der Waals surface area contributed by atoms with Crippen LogP contribution < -0.4 is 16.4 Å². The molecule has 206 valence electrons. The van der Waals surface area contributed by atoms with E-state index in [9.17, 15) is 9.59 Å². The van der Waals surface area contributed by atoms with Crippen LogP contribution in [0.3, 0.4) is 0 Å². The van der Waals surface area contributed by atoms with Gasteiger partial charge in [0.1, 0.15) is 11.6 Å². The van der Waals surface area contributed by atoms with E-state index < -0.39 is 41.1 Å². The Morgan fingerprint density at radius 3 is 2.31 bits per heavy atom. The van der Waals surface area contributed by atoms with Crippen LogP contribution in [0.4, 0.5) is 14.5 Å². The molecule has 0 radical (unpaired) electrons. The van der Waals surface area contributed by atoms with E-state index in [1.54, 1.807) is 30.3 Å². The highest BCUT2D eigenvalue weighted by atomic mass is 35.5. The second kappa shape index (κ2) is 11.0. The molecule has 3 aromatic rings. The van der Waals surface area contributed by atoms with Crippen molar-refractivity contribution >= 4 is 40.6 Å². The van der Waals surface area contributed by atoms with E-state index in [4.69, 9.17) is 28.9 Å². The van der Waals surface area contributed by atoms with E-state index in [-0.39, 0.29) is 32.4 Å². The predicted octanol–water partition coefficient (Wildman–Crippen LogP) is 6.83. The number of nitrogens with two attached hydrogens (primary N) is 1. The third kappa shape index (κ3) is 5.87. The van der Waals surface area contributed by atoms with Crippen LogP contribution in [-0.2, 0) is 10.3 Å². The first-order chi connectivity index (χ1) is 18.2. The molecule has 5 nitrogen and oxygen atoms in total. The molecule has 0 aromatic heterocycles. The van der Waals surface area contributed by atoms with E-state index in [0.29, 0.717) is 17.7 Å². The maximum absolute atomic E-state index is 15.6. The maximum Gasteiger partial charge on any atom is 0.242 e. The minimum Gasteiger partial charge on any atom is -0.325 e. The molecule has 4 N–H and O–H groups in total. The van der Waals surface area contributed by atoms with Gasteiger partial charge in [0.25, 0.3) is 0 Å². The molecular formula is C30H31Cl2F2N3O2. The summed E-state index contributed by atoms with van der Waals surface area (Å²) < 4.78 is 31.2. The molecule has 3 aromatic carbocycles. The minimum atomic E-state index is -1.56. The van der Waals surface area contributed by atoms with Gasteiger partial charge in [0.05, 0.1) is 16.6 Å². The molecule has 0 unspecified atom stereocenters. The van der Waals surface area contributed by atoms with Crippen molar-refractivity contribution in [3.63, 3.8) is 0 Å². The Morgan fingerprint density at radius 2 is 1.72 bits per heavy atom. The van der Waals surface area contributed by atoms with Gasteiger partial charge in [-0.15, -0.1) is 0 Å². The van der Waals surface area contributed by atoms with Crippen LogP contribution in [0, 0.1) is 17.0 Å². The van der Waals surface area contributed by atoms with Crippen LogP contribution in [0.15, 0.2) is 60.7 Å². The first-order valence-corrected chi connectivity index (χ1v) is 13.3. The zero-order chi connectivity index (χ0) is 28.7. The molecule has 1 heterocycles. The maximum atomic E-state index is 15.6. The Balaban J connectivity index is 1.87. The molecule has 39 heavy (non-hydrogen) atoms. The Labute approximate surface area is 237 Å². The van der Waals surface area contributed by atoms with E-state index in [1.165, 1.54) is 31.2 Å². The molecule has 1 aliphatic rings. The fraction of sp³-hybridized carbons (Fsp3) is 0.333. The van der Waals surface area contributed by atoms with E-state index in [0.717, 1.165) is 6.07 Å². The Kier molecular flexibility index (Phi) is 8.20. The van der Waals surface area contributed by atoms with Gasteiger partial charge >= 0.3 is 0 Å². The second-order valence-corrected chi connectivity index (χ2v) is 12.1. The molecule has 1 aliphatic heterocycles. The average molecular weight is 574 g/mol. The van der Waals surface area contributed by atoms with E-state index >= 15 is 8.78 Å². The van der Waals surface area contributed by atoms with Crippen molar-refractivity contribution in [2.45, 2.75) is 57.7 Å². The molecule has 9 heteroatoms. The zero-order valence-electron chi connectivity index (χ0n) is 22.1. The number of rotatable bonds is 6. The normalized spacial score (nSPS) is 23.1. The number of amides is 1.